The van der Waals surface area contributed by atoms with Crippen molar-refractivity contribution in [3.8, 4) is 0 Å². The number of hydrogen-bond donors (Lipinski definition) is 0. The zero-order valence-corrected chi connectivity index (χ0v) is 11.7. The minimum atomic E-state index is 0.326. The van der Waals surface area contributed by atoms with E-state index in [1.165, 1.54) is 37.7 Å². The summed E-state index contributed by atoms with van der Waals surface area (Å²) in [6.45, 7) is 11.4. The molecule has 4 atom stereocenters. The molecule has 92 valence electrons. The fraction of sp³-hybridized carbons (Fsp3) is 0.867. The molecule has 0 nitrogen and oxygen atoms in total. The van der Waals surface area contributed by atoms with Crippen LogP contribution in [0.4, 0.5) is 0 Å². The van der Waals surface area contributed by atoms with Gasteiger partial charge < -0.3 is 0 Å². The van der Waals surface area contributed by atoms with Crippen LogP contribution in [0.2, 0.25) is 0 Å². The first-order valence-electron chi connectivity index (χ1n) is 6.77. The second kappa shape index (κ2) is 4.37. The molecular formula is C15H25Cl. The van der Waals surface area contributed by atoms with Crippen LogP contribution in [0, 0.1) is 23.2 Å². The van der Waals surface area contributed by atoms with Crippen LogP contribution in [0.25, 0.3) is 0 Å². The third-order valence-corrected chi connectivity index (χ3v) is 5.64. The van der Waals surface area contributed by atoms with Crippen LogP contribution in [-0.2, 0) is 0 Å². The summed E-state index contributed by atoms with van der Waals surface area (Å²) in [4.78, 5) is 0. The molecule has 2 aliphatic carbocycles. The van der Waals surface area contributed by atoms with E-state index in [1.807, 2.05) is 0 Å². The van der Waals surface area contributed by atoms with Crippen molar-refractivity contribution in [2.24, 2.45) is 23.2 Å². The zero-order chi connectivity index (χ0) is 11.9. The van der Waals surface area contributed by atoms with E-state index in [0.29, 0.717) is 28.5 Å². The number of allylic oxidation sites excluding steroid dienone is 1. The number of rotatable bonds is 1. The highest BCUT2D eigenvalue weighted by Gasteiger charge is 2.48. The maximum Gasteiger partial charge on any atom is 0.0437 e. The topological polar surface area (TPSA) is 0 Å². The predicted octanol–water partition coefficient (Wildman–Crippen LogP) is 5.02. The van der Waals surface area contributed by atoms with Crippen molar-refractivity contribution in [1.29, 1.82) is 0 Å². The van der Waals surface area contributed by atoms with E-state index in [9.17, 15) is 0 Å². The van der Waals surface area contributed by atoms with Crippen LogP contribution in [0.1, 0.15) is 52.9 Å². The summed E-state index contributed by atoms with van der Waals surface area (Å²) in [7, 11) is 0. The van der Waals surface area contributed by atoms with E-state index in [2.05, 4.69) is 27.4 Å². The fourth-order valence-corrected chi connectivity index (χ4v) is 4.92. The van der Waals surface area contributed by atoms with Crippen LogP contribution in [0.3, 0.4) is 0 Å². The van der Waals surface area contributed by atoms with Gasteiger partial charge in [0.2, 0.25) is 0 Å². The third-order valence-electron chi connectivity index (χ3n) is 5.07. The molecule has 4 unspecified atom stereocenters. The van der Waals surface area contributed by atoms with Crippen LogP contribution in [0.5, 0.6) is 0 Å². The lowest BCUT2D eigenvalue weighted by Crippen LogP contribution is -2.46. The van der Waals surface area contributed by atoms with Gasteiger partial charge in [-0.25, -0.2) is 0 Å². The molecule has 0 amide bonds. The standard InChI is InChI=1S/C15H25Cl/c1-10(2)12-7-9-15(4)8-5-6-11(3)13(15)14(12)16/h10,12-14H,3,5-9H2,1-2,4H3. The molecule has 2 fully saturated rings. The van der Waals surface area contributed by atoms with Gasteiger partial charge in [-0.05, 0) is 49.4 Å². The molecule has 0 saturated heterocycles. The summed E-state index contributed by atoms with van der Waals surface area (Å²) in [6, 6.07) is 0. The summed E-state index contributed by atoms with van der Waals surface area (Å²) in [6.07, 6.45) is 6.54. The van der Waals surface area contributed by atoms with Gasteiger partial charge in [0.25, 0.3) is 0 Å². The Bertz CT molecular complexity index is 281. The molecule has 1 heteroatoms. The Morgan fingerprint density at radius 2 is 2.06 bits per heavy atom. The summed E-state index contributed by atoms with van der Waals surface area (Å²) in [5.41, 5.74) is 1.88. The summed E-state index contributed by atoms with van der Waals surface area (Å²) >= 11 is 6.77. The van der Waals surface area contributed by atoms with Crippen molar-refractivity contribution in [3.05, 3.63) is 12.2 Å². The first-order chi connectivity index (χ1) is 7.46. The van der Waals surface area contributed by atoms with E-state index in [-0.39, 0.29) is 0 Å². The maximum atomic E-state index is 6.77. The van der Waals surface area contributed by atoms with Crippen molar-refractivity contribution in [2.45, 2.75) is 58.3 Å². The van der Waals surface area contributed by atoms with Crippen LogP contribution in [-0.4, -0.2) is 5.38 Å². The molecule has 2 aliphatic rings. The molecule has 0 aromatic rings. The van der Waals surface area contributed by atoms with Gasteiger partial charge >= 0.3 is 0 Å². The maximum absolute atomic E-state index is 6.77. The molecular weight excluding hydrogens is 216 g/mol. The van der Waals surface area contributed by atoms with Gasteiger partial charge in [0.1, 0.15) is 0 Å². The van der Waals surface area contributed by atoms with Gasteiger partial charge in [-0.3, -0.25) is 0 Å². The van der Waals surface area contributed by atoms with Crippen molar-refractivity contribution in [3.63, 3.8) is 0 Å². The van der Waals surface area contributed by atoms with E-state index >= 15 is 0 Å². The van der Waals surface area contributed by atoms with Gasteiger partial charge in [-0.2, -0.15) is 0 Å². The second-order valence-corrected chi connectivity index (χ2v) is 7.04. The Balaban J connectivity index is 2.24. The van der Waals surface area contributed by atoms with Gasteiger partial charge in [0.05, 0.1) is 0 Å². The van der Waals surface area contributed by atoms with Crippen molar-refractivity contribution in [1.82, 2.24) is 0 Å². The lowest BCUT2D eigenvalue weighted by atomic mass is 9.55. The second-order valence-electron chi connectivity index (χ2n) is 6.53. The third kappa shape index (κ3) is 1.94. The van der Waals surface area contributed by atoms with Crippen molar-refractivity contribution in [2.75, 3.05) is 0 Å². The fourth-order valence-electron chi connectivity index (χ4n) is 4.02. The number of alkyl halides is 1. The number of halogens is 1. The largest absolute Gasteiger partial charge is 0.122 e. The number of fused-ring (bicyclic) bond motifs is 1. The molecule has 0 heterocycles. The van der Waals surface area contributed by atoms with Gasteiger partial charge in [0, 0.05) is 11.3 Å². The molecule has 2 rings (SSSR count). The molecule has 0 aromatic carbocycles. The quantitative estimate of drug-likeness (QED) is 0.446. The Hall–Kier alpha value is 0.0300. The van der Waals surface area contributed by atoms with E-state index in [1.54, 1.807) is 0 Å². The molecule has 0 bridgehead atoms. The molecule has 0 spiro atoms. The van der Waals surface area contributed by atoms with Gasteiger partial charge in [-0.1, -0.05) is 32.9 Å². The Kier molecular flexibility index (Phi) is 3.41. The molecule has 0 aliphatic heterocycles. The average Bonchev–Trinajstić information content (AvgIpc) is 2.16. The molecule has 0 aromatic heterocycles. The van der Waals surface area contributed by atoms with Crippen LogP contribution < -0.4 is 0 Å². The first-order valence-corrected chi connectivity index (χ1v) is 7.21. The Labute approximate surface area is 105 Å². The average molecular weight is 241 g/mol. The number of hydrogen-bond acceptors (Lipinski definition) is 0. The Morgan fingerprint density at radius 3 is 2.69 bits per heavy atom. The summed E-state index contributed by atoms with van der Waals surface area (Å²) in [5.74, 6) is 1.97. The SMILES string of the molecule is C=C1CCCC2(C)CCC(C(C)C)C(Cl)C12. The normalized spacial score (nSPS) is 44.6. The predicted molar refractivity (Wildman–Crippen MR) is 71.8 cm³/mol. The Morgan fingerprint density at radius 1 is 1.38 bits per heavy atom. The molecule has 0 N–H and O–H groups in total. The minimum Gasteiger partial charge on any atom is -0.122 e. The highest BCUT2D eigenvalue weighted by Crippen LogP contribution is 2.56. The lowest BCUT2D eigenvalue weighted by molar-refractivity contribution is 0.0630. The summed E-state index contributed by atoms with van der Waals surface area (Å²) in [5, 5.41) is 0.326. The van der Waals surface area contributed by atoms with Crippen LogP contribution >= 0.6 is 11.6 Å². The van der Waals surface area contributed by atoms with E-state index < -0.39 is 0 Å². The lowest BCUT2D eigenvalue weighted by Gasteiger charge is -2.52. The van der Waals surface area contributed by atoms with Crippen molar-refractivity contribution >= 4 is 11.6 Å². The van der Waals surface area contributed by atoms with E-state index in [4.69, 9.17) is 11.6 Å². The minimum absolute atomic E-state index is 0.326. The molecule has 16 heavy (non-hydrogen) atoms. The monoisotopic (exact) mass is 240 g/mol. The molecule has 0 radical (unpaired) electrons. The zero-order valence-electron chi connectivity index (χ0n) is 10.9. The molecule has 2 saturated carbocycles. The van der Waals surface area contributed by atoms with Crippen molar-refractivity contribution < 1.29 is 0 Å². The smallest absolute Gasteiger partial charge is 0.0437 e. The van der Waals surface area contributed by atoms with E-state index in [0.717, 1.165) is 0 Å². The first kappa shape index (κ1) is 12.5. The van der Waals surface area contributed by atoms with Crippen LogP contribution in [0.15, 0.2) is 12.2 Å². The summed E-state index contributed by atoms with van der Waals surface area (Å²) < 4.78 is 0. The van der Waals surface area contributed by atoms with Gasteiger partial charge in [-0.15, -0.1) is 11.6 Å². The highest BCUT2D eigenvalue weighted by molar-refractivity contribution is 6.21. The van der Waals surface area contributed by atoms with Gasteiger partial charge in [0.15, 0.2) is 0 Å². The highest BCUT2D eigenvalue weighted by atomic mass is 35.5.